The van der Waals surface area contributed by atoms with Crippen LogP contribution in [0.3, 0.4) is 0 Å². The fourth-order valence-electron chi connectivity index (χ4n) is 1.35. The van der Waals surface area contributed by atoms with Crippen molar-refractivity contribution in [2.45, 2.75) is 52.7 Å². The Balaban J connectivity index is 4.52. The van der Waals surface area contributed by atoms with Crippen LogP contribution in [0.2, 0.25) is 0 Å². The van der Waals surface area contributed by atoms with Gasteiger partial charge in [-0.1, -0.05) is 5.57 Å². The van der Waals surface area contributed by atoms with Gasteiger partial charge in [0.1, 0.15) is 5.60 Å². The molecule has 1 unspecified atom stereocenters. The van der Waals surface area contributed by atoms with Gasteiger partial charge in [-0.3, -0.25) is 0 Å². The Morgan fingerprint density at radius 3 is 2.33 bits per heavy atom. The van der Waals surface area contributed by atoms with Crippen LogP contribution in [-0.2, 0) is 4.74 Å². The minimum atomic E-state index is -0.449. The summed E-state index contributed by atoms with van der Waals surface area (Å²) in [5.74, 6) is 0. The third-order valence-corrected chi connectivity index (χ3v) is 4.81. The smallest absolute Gasteiger partial charge is 0.410 e. The number of nitrogens with zero attached hydrogens (tertiary/aromatic N) is 1. The van der Waals surface area contributed by atoms with Crippen molar-refractivity contribution in [1.29, 1.82) is 0 Å². The number of hydrogen-bond donors (Lipinski definition) is 0. The SMILES string of the molecule is CS/C(Br)=C(\C)CC(C)N(C)C(=O)OC(C)(C)C. The lowest BCUT2D eigenvalue weighted by molar-refractivity contribution is 0.0236. The van der Waals surface area contributed by atoms with Crippen LogP contribution >= 0.6 is 27.7 Å². The van der Waals surface area contributed by atoms with Crippen LogP contribution in [0.1, 0.15) is 41.0 Å². The fraction of sp³-hybridized carbons (Fsp3) is 0.769. The quantitative estimate of drug-likeness (QED) is 0.749. The maximum absolute atomic E-state index is 11.9. The Kier molecular flexibility index (Phi) is 7.37. The van der Waals surface area contributed by atoms with Crippen molar-refractivity contribution in [2.75, 3.05) is 13.3 Å². The highest BCUT2D eigenvalue weighted by Gasteiger charge is 2.23. The number of ether oxygens (including phenoxy) is 1. The minimum absolute atomic E-state index is 0.111. The van der Waals surface area contributed by atoms with Crippen molar-refractivity contribution in [1.82, 2.24) is 4.90 Å². The minimum Gasteiger partial charge on any atom is -0.444 e. The molecule has 0 heterocycles. The number of carbonyl (C=O) groups excluding carboxylic acids is 1. The summed E-state index contributed by atoms with van der Waals surface area (Å²) >= 11 is 5.18. The van der Waals surface area contributed by atoms with Crippen LogP contribution in [-0.4, -0.2) is 35.9 Å². The van der Waals surface area contributed by atoms with E-state index < -0.39 is 5.60 Å². The van der Waals surface area contributed by atoms with Crippen LogP contribution in [0.4, 0.5) is 4.79 Å². The Hall–Kier alpha value is -0.160. The maximum Gasteiger partial charge on any atom is 0.410 e. The summed E-state index contributed by atoms with van der Waals surface area (Å²) in [5.41, 5.74) is 0.793. The molecule has 1 amide bonds. The van der Waals surface area contributed by atoms with Gasteiger partial charge in [-0.2, -0.15) is 0 Å². The molecule has 0 fully saturated rings. The van der Waals surface area contributed by atoms with Gasteiger partial charge in [-0.05, 0) is 63.2 Å². The molecule has 3 nitrogen and oxygen atoms in total. The molecule has 0 saturated carbocycles. The van der Waals surface area contributed by atoms with Crippen molar-refractivity contribution in [3.8, 4) is 0 Å². The summed E-state index contributed by atoms with van der Waals surface area (Å²) in [5, 5.41) is 0. The van der Waals surface area contributed by atoms with E-state index in [9.17, 15) is 4.79 Å². The third-order valence-electron chi connectivity index (χ3n) is 2.46. The largest absolute Gasteiger partial charge is 0.444 e. The first kappa shape index (κ1) is 17.8. The van der Waals surface area contributed by atoms with Crippen molar-refractivity contribution in [3.63, 3.8) is 0 Å². The molecule has 0 radical (unpaired) electrons. The topological polar surface area (TPSA) is 29.5 Å². The lowest BCUT2D eigenvalue weighted by Crippen LogP contribution is -2.39. The van der Waals surface area contributed by atoms with Crippen LogP contribution in [0, 0.1) is 0 Å². The van der Waals surface area contributed by atoms with Crippen molar-refractivity contribution >= 4 is 33.8 Å². The summed E-state index contributed by atoms with van der Waals surface area (Å²) in [7, 11) is 1.78. The van der Waals surface area contributed by atoms with E-state index in [1.54, 1.807) is 23.7 Å². The first-order valence-electron chi connectivity index (χ1n) is 5.93. The second-order valence-electron chi connectivity index (χ2n) is 5.40. The molecule has 18 heavy (non-hydrogen) atoms. The first-order chi connectivity index (χ1) is 8.08. The lowest BCUT2D eigenvalue weighted by Gasteiger charge is -2.29. The molecule has 106 valence electrons. The van der Waals surface area contributed by atoms with E-state index >= 15 is 0 Å². The maximum atomic E-state index is 11.9. The highest BCUT2D eigenvalue weighted by molar-refractivity contribution is 9.14. The van der Waals surface area contributed by atoms with Gasteiger partial charge in [0.2, 0.25) is 0 Å². The summed E-state index contributed by atoms with van der Waals surface area (Å²) in [6, 6.07) is 0.111. The van der Waals surface area contributed by atoms with E-state index in [0.29, 0.717) is 0 Å². The third kappa shape index (κ3) is 6.69. The molecule has 0 aromatic rings. The van der Waals surface area contributed by atoms with E-state index in [2.05, 4.69) is 22.9 Å². The molecule has 0 rings (SSSR count). The van der Waals surface area contributed by atoms with E-state index in [1.165, 1.54) is 5.57 Å². The normalized spacial score (nSPS) is 14.9. The zero-order valence-corrected chi connectivity index (χ0v) is 14.7. The molecule has 0 aliphatic carbocycles. The van der Waals surface area contributed by atoms with E-state index in [-0.39, 0.29) is 12.1 Å². The molecule has 0 aliphatic heterocycles. The number of rotatable bonds is 4. The van der Waals surface area contributed by atoms with Gasteiger partial charge in [-0.25, -0.2) is 4.79 Å². The number of thioether (sulfide) groups is 1. The van der Waals surface area contributed by atoms with Gasteiger partial charge < -0.3 is 9.64 Å². The first-order valence-corrected chi connectivity index (χ1v) is 7.95. The monoisotopic (exact) mass is 337 g/mol. The Morgan fingerprint density at radius 1 is 1.44 bits per heavy atom. The zero-order valence-electron chi connectivity index (χ0n) is 12.3. The van der Waals surface area contributed by atoms with Gasteiger partial charge in [0.15, 0.2) is 0 Å². The average Bonchev–Trinajstić information content (AvgIpc) is 2.24. The molecule has 0 aromatic heterocycles. The van der Waals surface area contributed by atoms with Gasteiger partial charge in [0, 0.05) is 16.9 Å². The molecule has 0 aromatic carbocycles. The van der Waals surface area contributed by atoms with Gasteiger partial charge >= 0.3 is 6.09 Å². The van der Waals surface area contributed by atoms with Gasteiger partial charge in [0.05, 0.1) is 0 Å². The van der Waals surface area contributed by atoms with Crippen LogP contribution in [0.5, 0.6) is 0 Å². The molecule has 1 atom stereocenters. The second kappa shape index (κ2) is 7.43. The number of hydrogen-bond acceptors (Lipinski definition) is 3. The highest BCUT2D eigenvalue weighted by Crippen LogP contribution is 2.26. The van der Waals surface area contributed by atoms with E-state index in [1.807, 2.05) is 34.0 Å². The standard InChI is InChI=1S/C13H24BrNO2S/c1-9(11(14)18-7)8-10(2)15(6)12(16)17-13(3,4)5/h10H,8H2,1-7H3/b11-9+. The van der Waals surface area contributed by atoms with E-state index in [0.717, 1.165) is 10.2 Å². The Morgan fingerprint density at radius 2 is 1.94 bits per heavy atom. The average molecular weight is 338 g/mol. The van der Waals surface area contributed by atoms with E-state index in [4.69, 9.17) is 4.74 Å². The lowest BCUT2D eigenvalue weighted by atomic mass is 10.1. The molecule has 5 heteroatoms. The number of halogens is 1. The summed E-state index contributed by atoms with van der Waals surface area (Å²) < 4.78 is 6.47. The molecular formula is C13H24BrNO2S. The van der Waals surface area contributed by atoms with Crippen LogP contribution < -0.4 is 0 Å². The molecular weight excluding hydrogens is 314 g/mol. The van der Waals surface area contributed by atoms with Crippen LogP contribution in [0.15, 0.2) is 9.39 Å². The second-order valence-corrected chi connectivity index (χ2v) is 7.54. The number of amides is 1. The van der Waals surface area contributed by atoms with Gasteiger partial charge in [0.25, 0.3) is 0 Å². The van der Waals surface area contributed by atoms with Crippen molar-refractivity contribution in [2.24, 2.45) is 0 Å². The zero-order chi connectivity index (χ0) is 14.5. The predicted molar refractivity (Wildman–Crippen MR) is 83.2 cm³/mol. The Labute approximate surface area is 123 Å². The van der Waals surface area contributed by atoms with Crippen molar-refractivity contribution < 1.29 is 9.53 Å². The number of carbonyl (C=O) groups is 1. The fourth-order valence-corrected chi connectivity index (χ4v) is 1.94. The van der Waals surface area contributed by atoms with Gasteiger partial charge in [-0.15, -0.1) is 11.8 Å². The summed E-state index contributed by atoms with van der Waals surface area (Å²) in [6.45, 7) is 9.71. The molecule has 0 N–H and O–H groups in total. The molecule has 0 saturated heterocycles. The predicted octanol–water partition coefficient (Wildman–Crippen LogP) is 4.62. The molecule has 0 aliphatic rings. The summed E-state index contributed by atoms with van der Waals surface area (Å²) in [4.78, 5) is 13.5. The molecule has 0 bridgehead atoms. The molecule has 0 spiro atoms. The van der Waals surface area contributed by atoms with Crippen LogP contribution in [0.25, 0.3) is 0 Å². The highest BCUT2D eigenvalue weighted by atomic mass is 79.9. The Bertz CT molecular complexity index is 323. The summed E-state index contributed by atoms with van der Waals surface area (Å²) in [6.07, 6.45) is 2.58. The van der Waals surface area contributed by atoms with Crippen molar-refractivity contribution in [3.05, 3.63) is 9.39 Å².